The molecule has 1 aromatic heterocycles. The number of hydrogen-bond donors (Lipinski definition) is 1. The molecule has 2 nitrogen and oxygen atoms in total. The van der Waals surface area contributed by atoms with E-state index in [4.69, 9.17) is 11.6 Å². The number of rotatable bonds is 4. The van der Waals surface area contributed by atoms with E-state index in [1.807, 2.05) is 30.5 Å². The lowest BCUT2D eigenvalue weighted by molar-refractivity contribution is 0.269. The summed E-state index contributed by atoms with van der Waals surface area (Å²) in [4.78, 5) is 4.40. The Morgan fingerprint density at radius 1 is 1.15 bits per heavy atom. The first kappa shape index (κ1) is 13.6. The van der Waals surface area contributed by atoms with Crippen molar-refractivity contribution >= 4 is 11.6 Å². The molecule has 0 saturated heterocycles. The van der Waals surface area contributed by atoms with Crippen LogP contribution in [-0.2, 0) is 0 Å². The van der Waals surface area contributed by atoms with Crippen LogP contribution in [0.25, 0.3) is 0 Å². The Morgan fingerprint density at radius 2 is 1.90 bits per heavy atom. The molecule has 1 aromatic carbocycles. The van der Waals surface area contributed by atoms with Crippen LogP contribution in [0.3, 0.4) is 0 Å². The molecular formula is C17H19ClN2. The van der Waals surface area contributed by atoms with Crippen molar-refractivity contribution in [2.45, 2.75) is 37.8 Å². The fourth-order valence-electron chi connectivity index (χ4n) is 2.83. The van der Waals surface area contributed by atoms with Crippen LogP contribution in [0.4, 0.5) is 0 Å². The van der Waals surface area contributed by atoms with E-state index in [2.05, 4.69) is 35.4 Å². The van der Waals surface area contributed by atoms with Gasteiger partial charge in [0.25, 0.3) is 0 Å². The molecular weight excluding hydrogens is 268 g/mol. The van der Waals surface area contributed by atoms with Crippen molar-refractivity contribution in [2.75, 3.05) is 0 Å². The highest BCUT2D eigenvalue weighted by Gasteiger charge is 2.31. The average molecular weight is 287 g/mol. The van der Waals surface area contributed by atoms with Gasteiger partial charge in [-0.2, -0.15) is 0 Å². The Bertz CT molecular complexity index is 547. The van der Waals surface area contributed by atoms with E-state index in [-0.39, 0.29) is 0 Å². The lowest BCUT2D eigenvalue weighted by Gasteiger charge is -2.38. The Kier molecular flexibility index (Phi) is 4.04. The molecule has 1 aliphatic carbocycles. The van der Waals surface area contributed by atoms with E-state index in [1.54, 1.807) is 0 Å². The van der Waals surface area contributed by atoms with Gasteiger partial charge < -0.3 is 5.32 Å². The van der Waals surface area contributed by atoms with Crippen molar-refractivity contribution in [3.63, 3.8) is 0 Å². The molecule has 104 valence electrons. The molecule has 0 unspecified atom stereocenters. The number of nitrogens with one attached hydrogen (secondary N) is 1. The lowest BCUT2D eigenvalue weighted by Crippen LogP contribution is -2.41. The summed E-state index contributed by atoms with van der Waals surface area (Å²) in [6, 6.07) is 15.2. The Morgan fingerprint density at radius 3 is 2.55 bits per heavy atom. The maximum atomic E-state index is 5.92. The van der Waals surface area contributed by atoms with Gasteiger partial charge in [0.05, 0.1) is 5.69 Å². The molecule has 1 fully saturated rings. The summed E-state index contributed by atoms with van der Waals surface area (Å²) >= 11 is 5.92. The minimum Gasteiger partial charge on any atom is -0.306 e. The molecule has 3 rings (SSSR count). The summed E-state index contributed by atoms with van der Waals surface area (Å²) in [5.74, 6) is 0.667. The fraction of sp³-hybridized carbons (Fsp3) is 0.353. The predicted octanol–water partition coefficient (Wildman–Crippen LogP) is 4.33. The molecule has 1 N–H and O–H groups in total. The Labute approximate surface area is 125 Å². The maximum absolute atomic E-state index is 5.92. The normalized spacial score (nSPS) is 23.1. The summed E-state index contributed by atoms with van der Waals surface area (Å²) in [5, 5.41) is 4.47. The van der Waals surface area contributed by atoms with Gasteiger partial charge in [0.15, 0.2) is 0 Å². The van der Waals surface area contributed by atoms with E-state index in [9.17, 15) is 0 Å². The Hall–Kier alpha value is -1.38. The van der Waals surface area contributed by atoms with E-state index in [0.29, 0.717) is 18.0 Å². The van der Waals surface area contributed by atoms with Crippen molar-refractivity contribution < 1.29 is 0 Å². The van der Waals surface area contributed by atoms with Crippen molar-refractivity contribution in [3.8, 4) is 0 Å². The largest absolute Gasteiger partial charge is 0.306 e. The van der Waals surface area contributed by atoms with E-state index in [0.717, 1.165) is 10.7 Å². The predicted molar refractivity (Wildman–Crippen MR) is 83.0 cm³/mol. The third-order valence-corrected chi connectivity index (χ3v) is 4.35. The van der Waals surface area contributed by atoms with Crippen LogP contribution in [-0.4, -0.2) is 11.0 Å². The summed E-state index contributed by atoms with van der Waals surface area (Å²) < 4.78 is 0. The number of hydrogen-bond acceptors (Lipinski definition) is 2. The second-order valence-electron chi connectivity index (χ2n) is 5.56. The fourth-order valence-corrected chi connectivity index (χ4v) is 2.96. The molecule has 0 aliphatic heterocycles. The first-order valence-electron chi connectivity index (χ1n) is 7.15. The van der Waals surface area contributed by atoms with Crippen LogP contribution in [0.1, 0.15) is 43.0 Å². The SMILES string of the molecule is C[C@@H](NC1CC(c2ccc(Cl)cc2)C1)c1ccccn1. The quantitative estimate of drug-likeness (QED) is 0.905. The van der Waals surface area contributed by atoms with E-state index in [1.165, 1.54) is 18.4 Å². The highest BCUT2D eigenvalue weighted by Crippen LogP contribution is 2.38. The van der Waals surface area contributed by atoms with Gasteiger partial charge in [-0.3, -0.25) is 4.98 Å². The molecule has 20 heavy (non-hydrogen) atoms. The van der Waals surface area contributed by atoms with Gasteiger partial charge in [0, 0.05) is 23.3 Å². The maximum Gasteiger partial charge on any atom is 0.0570 e. The van der Waals surface area contributed by atoms with Crippen LogP contribution >= 0.6 is 11.6 Å². The van der Waals surface area contributed by atoms with E-state index < -0.39 is 0 Å². The molecule has 0 bridgehead atoms. The number of halogens is 1. The first-order chi connectivity index (χ1) is 9.72. The summed E-state index contributed by atoms with van der Waals surface area (Å²) in [6.07, 6.45) is 4.24. The third kappa shape index (κ3) is 3.02. The van der Waals surface area contributed by atoms with Crippen LogP contribution in [0.2, 0.25) is 5.02 Å². The standard InChI is InChI=1S/C17H19ClN2/c1-12(17-4-2-3-9-19-17)20-16-10-14(11-16)13-5-7-15(18)8-6-13/h2-9,12,14,16,20H,10-11H2,1H3/t12-,14?,16?/m1/s1. The highest BCUT2D eigenvalue weighted by atomic mass is 35.5. The number of benzene rings is 1. The minimum absolute atomic E-state index is 0.312. The molecule has 1 heterocycles. The summed E-state index contributed by atoms with van der Waals surface area (Å²) in [7, 11) is 0. The summed E-state index contributed by atoms with van der Waals surface area (Å²) in [5.41, 5.74) is 2.51. The number of nitrogens with zero attached hydrogens (tertiary/aromatic N) is 1. The number of pyridine rings is 1. The Balaban J connectivity index is 1.52. The molecule has 0 spiro atoms. The second-order valence-corrected chi connectivity index (χ2v) is 6.00. The van der Waals surface area contributed by atoms with Crippen molar-refractivity contribution in [2.24, 2.45) is 0 Å². The lowest BCUT2D eigenvalue weighted by atomic mass is 9.75. The van der Waals surface area contributed by atoms with Crippen LogP contribution in [0, 0.1) is 0 Å². The minimum atomic E-state index is 0.312. The van der Waals surface area contributed by atoms with Gasteiger partial charge in [0.2, 0.25) is 0 Å². The smallest absolute Gasteiger partial charge is 0.0570 e. The van der Waals surface area contributed by atoms with Crippen molar-refractivity contribution in [1.82, 2.24) is 10.3 Å². The van der Waals surface area contributed by atoms with Gasteiger partial charge in [-0.25, -0.2) is 0 Å². The van der Waals surface area contributed by atoms with Crippen LogP contribution in [0.5, 0.6) is 0 Å². The van der Waals surface area contributed by atoms with E-state index >= 15 is 0 Å². The zero-order chi connectivity index (χ0) is 13.9. The van der Waals surface area contributed by atoms with Crippen LogP contribution < -0.4 is 5.32 Å². The third-order valence-electron chi connectivity index (χ3n) is 4.10. The molecule has 1 aliphatic rings. The molecule has 2 aromatic rings. The van der Waals surface area contributed by atoms with Gasteiger partial charge in [-0.1, -0.05) is 29.8 Å². The van der Waals surface area contributed by atoms with Gasteiger partial charge in [-0.15, -0.1) is 0 Å². The number of aromatic nitrogens is 1. The molecule has 1 atom stereocenters. The van der Waals surface area contributed by atoms with Gasteiger partial charge >= 0.3 is 0 Å². The first-order valence-corrected chi connectivity index (χ1v) is 7.52. The molecule has 0 amide bonds. The van der Waals surface area contributed by atoms with Crippen LogP contribution in [0.15, 0.2) is 48.7 Å². The zero-order valence-electron chi connectivity index (χ0n) is 11.6. The monoisotopic (exact) mass is 286 g/mol. The second kappa shape index (κ2) is 5.94. The summed E-state index contributed by atoms with van der Waals surface area (Å²) in [6.45, 7) is 2.18. The van der Waals surface area contributed by atoms with Crippen molar-refractivity contribution in [3.05, 3.63) is 64.9 Å². The van der Waals surface area contributed by atoms with Gasteiger partial charge in [0.1, 0.15) is 0 Å². The van der Waals surface area contributed by atoms with Gasteiger partial charge in [-0.05, 0) is 55.5 Å². The molecule has 3 heteroatoms. The van der Waals surface area contributed by atoms with Crippen molar-refractivity contribution in [1.29, 1.82) is 0 Å². The average Bonchev–Trinajstić information content (AvgIpc) is 2.44. The highest BCUT2D eigenvalue weighted by molar-refractivity contribution is 6.30. The topological polar surface area (TPSA) is 24.9 Å². The molecule has 1 saturated carbocycles. The zero-order valence-corrected chi connectivity index (χ0v) is 12.3. The molecule has 0 radical (unpaired) electrons.